The first-order valence-corrected chi connectivity index (χ1v) is 16.4. The van der Waals surface area contributed by atoms with E-state index >= 15 is 0 Å². The summed E-state index contributed by atoms with van der Waals surface area (Å²) in [6.07, 6.45) is 5.62. The van der Waals surface area contributed by atoms with E-state index in [1.54, 1.807) is 22.0 Å². The Labute approximate surface area is 267 Å². The number of morpholine rings is 1. The van der Waals surface area contributed by atoms with Gasteiger partial charge in [-0.15, -0.1) is 13.2 Å². The van der Waals surface area contributed by atoms with Crippen LogP contribution in [0.25, 0.3) is 0 Å². The lowest BCUT2D eigenvalue weighted by molar-refractivity contribution is -0.163. The summed E-state index contributed by atoms with van der Waals surface area (Å²) in [6, 6.07) is 7.93. The number of esters is 1. The number of carbonyl (C=O) groups excluding carboxylic acids is 3. The summed E-state index contributed by atoms with van der Waals surface area (Å²) >= 11 is 0. The van der Waals surface area contributed by atoms with Crippen LogP contribution in [0.5, 0.6) is 0 Å². The Morgan fingerprint density at radius 1 is 1.20 bits per heavy atom. The molecule has 246 valence electrons. The normalized spacial score (nSPS) is 31.4. The van der Waals surface area contributed by atoms with E-state index in [0.29, 0.717) is 58.5 Å². The van der Waals surface area contributed by atoms with Gasteiger partial charge in [0.2, 0.25) is 11.8 Å². The highest BCUT2D eigenvalue weighted by molar-refractivity contribution is 5.99. The Morgan fingerprint density at radius 2 is 1.93 bits per heavy atom. The van der Waals surface area contributed by atoms with Crippen molar-refractivity contribution in [2.45, 2.75) is 62.8 Å². The van der Waals surface area contributed by atoms with Gasteiger partial charge in [0, 0.05) is 32.7 Å². The second kappa shape index (κ2) is 14.2. The van der Waals surface area contributed by atoms with Gasteiger partial charge in [0.05, 0.1) is 44.0 Å². The highest BCUT2D eigenvalue weighted by Crippen LogP contribution is 2.65. The first-order valence-electron chi connectivity index (χ1n) is 16.4. The molecule has 4 aliphatic rings. The van der Waals surface area contributed by atoms with E-state index in [-0.39, 0.29) is 30.9 Å². The van der Waals surface area contributed by atoms with E-state index in [1.165, 1.54) is 0 Å². The molecule has 0 aliphatic carbocycles. The van der Waals surface area contributed by atoms with Crippen LogP contribution in [0.4, 0.5) is 0 Å². The van der Waals surface area contributed by atoms with Crippen LogP contribution in [-0.2, 0) is 35.0 Å². The molecule has 2 bridgehead atoms. The van der Waals surface area contributed by atoms with Crippen molar-refractivity contribution in [1.29, 1.82) is 0 Å². The number of carbonyl (C=O) groups is 3. The zero-order valence-corrected chi connectivity index (χ0v) is 26.8. The van der Waals surface area contributed by atoms with Crippen molar-refractivity contribution in [3.63, 3.8) is 0 Å². The fourth-order valence-corrected chi connectivity index (χ4v) is 8.04. The first kappa shape index (κ1) is 33.3. The van der Waals surface area contributed by atoms with Gasteiger partial charge in [0.25, 0.3) is 0 Å². The van der Waals surface area contributed by atoms with E-state index in [1.807, 2.05) is 44.2 Å². The van der Waals surface area contributed by atoms with Crippen molar-refractivity contribution in [3.8, 4) is 0 Å². The molecule has 7 atom stereocenters. The van der Waals surface area contributed by atoms with E-state index in [4.69, 9.17) is 14.2 Å². The molecule has 0 aromatic heterocycles. The van der Waals surface area contributed by atoms with Gasteiger partial charge in [-0.25, -0.2) is 0 Å². The molecule has 1 aromatic carbocycles. The number of nitrogens with zero attached hydrogens (tertiary/aromatic N) is 3. The van der Waals surface area contributed by atoms with E-state index in [9.17, 15) is 19.5 Å². The molecule has 3 unspecified atom stereocenters. The minimum absolute atomic E-state index is 0.106. The average Bonchev–Trinajstić information content (AvgIpc) is 3.57. The molecule has 10 heteroatoms. The zero-order valence-electron chi connectivity index (χ0n) is 26.8. The predicted molar refractivity (Wildman–Crippen MR) is 169 cm³/mol. The van der Waals surface area contributed by atoms with E-state index in [2.05, 4.69) is 18.1 Å². The summed E-state index contributed by atoms with van der Waals surface area (Å²) in [7, 11) is 0. The quantitative estimate of drug-likeness (QED) is 0.180. The minimum Gasteiger partial charge on any atom is -0.465 e. The summed E-state index contributed by atoms with van der Waals surface area (Å²) in [6.45, 7) is 15.7. The van der Waals surface area contributed by atoms with Gasteiger partial charge in [0.15, 0.2) is 0 Å². The van der Waals surface area contributed by atoms with Crippen molar-refractivity contribution < 1.29 is 33.7 Å². The highest BCUT2D eigenvalue weighted by atomic mass is 16.6. The van der Waals surface area contributed by atoms with Crippen LogP contribution in [0.2, 0.25) is 0 Å². The summed E-state index contributed by atoms with van der Waals surface area (Å²) in [5.74, 6) is -2.92. The maximum Gasteiger partial charge on any atom is 0.312 e. The molecular weight excluding hydrogens is 574 g/mol. The number of aliphatic hydroxyl groups excluding tert-OH is 1. The summed E-state index contributed by atoms with van der Waals surface area (Å²) in [5, 5.41) is 10.8. The van der Waals surface area contributed by atoms with Crippen molar-refractivity contribution >= 4 is 17.8 Å². The lowest BCUT2D eigenvalue weighted by atomic mass is 9.62. The topological polar surface area (TPSA) is 109 Å². The average molecular weight is 624 g/mol. The maximum absolute atomic E-state index is 14.8. The Hall–Kier alpha value is -3.05. The smallest absolute Gasteiger partial charge is 0.312 e. The standard InChI is InChI=1S/C35H49N3O7/c1-5-7-11-19-44-33(42)29-28-31(40)38(27(24-39)22-26-12-9-8-10-13-26)30(35(28)23-25(3)34(29,4)45-35)32(41)37(14-6-2)16-15-36-17-20-43-21-18-36/h5-6,8-10,12-13,25,27-30,39H,1-2,7,11,14-24H2,3-4H3/t25?,27-,28+,29-,30?,34+,35?/m1/s1. The molecule has 5 rings (SSSR count). The second-order valence-corrected chi connectivity index (χ2v) is 13.1. The number of fused-ring (bicyclic) bond motifs is 1. The number of benzene rings is 1. The molecule has 4 saturated heterocycles. The number of amides is 2. The molecule has 45 heavy (non-hydrogen) atoms. The number of aliphatic hydroxyl groups is 1. The number of likely N-dealkylation sites (tertiary alicyclic amines) is 1. The minimum atomic E-state index is -1.23. The molecule has 0 radical (unpaired) electrons. The third-order valence-electron chi connectivity index (χ3n) is 10.4. The lowest BCUT2D eigenvalue weighted by Crippen LogP contribution is -2.60. The number of hydrogen-bond donors (Lipinski definition) is 1. The molecule has 1 aromatic rings. The molecule has 0 saturated carbocycles. The van der Waals surface area contributed by atoms with Gasteiger partial charge >= 0.3 is 5.97 Å². The summed E-state index contributed by atoms with van der Waals surface area (Å²) < 4.78 is 18.1. The summed E-state index contributed by atoms with van der Waals surface area (Å²) in [5.41, 5.74) is -1.26. The van der Waals surface area contributed by atoms with E-state index in [0.717, 1.165) is 18.7 Å². The van der Waals surface area contributed by atoms with Gasteiger partial charge in [-0.1, -0.05) is 49.4 Å². The second-order valence-electron chi connectivity index (χ2n) is 13.1. The first-order chi connectivity index (χ1) is 21.7. The summed E-state index contributed by atoms with van der Waals surface area (Å²) in [4.78, 5) is 48.9. The monoisotopic (exact) mass is 623 g/mol. The molecule has 4 heterocycles. The highest BCUT2D eigenvalue weighted by Gasteiger charge is 2.80. The van der Waals surface area contributed by atoms with Crippen LogP contribution in [0, 0.1) is 17.8 Å². The van der Waals surface area contributed by atoms with Crippen molar-refractivity contribution in [2.75, 3.05) is 59.2 Å². The van der Waals surface area contributed by atoms with Crippen LogP contribution in [0.3, 0.4) is 0 Å². The molecule has 4 aliphatic heterocycles. The van der Waals surface area contributed by atoms with Crippen LogP contribution in [-0.4, -0.2) is 120 Å². The van der Waals surface area contributed by atoms with Gasteiger partial charge in [-0.2, -0.15) is 0 Å². The Kier molecular flexibility index (Phi) is 10.5. The fraction of sp³-hybridized carbons (Fsp3) is 0.629. The van der Waals surface area contributed by atoms with Gasteiger partial charge in [0.1, 0.15) is 17.6 Å². The van der Waals surface area contributed by atoms with Gasteiger partial charge in [-0.3, -0.25) is 19.3 Å². The molecule has 2 amide bonds. The molecule has 1 spiro atoms. The molecule has 1 N–H and O–H groups in total. The van der Waals surface area contributed by atoms with Crippen molar-refractivity contribution in [2.24, 2.45) is 17.8 Å². The number of hydrogen-bond acceptors (Lipinski definition) is 8. The number of ether oxygens (including phenoxy) is 3. The maximum atomic E-state index is 14.8. The third kappa shape index (κ3) is 6.22. The fourth-order valence-electron chi connectivity index (χ4n) is 8.04. The SMILES string of the molecule is C=CCCCOC(=O)[C@H]1[C@H]2C(=O)N([C@@H](CO)Cc3ccccc3)C(C(=O)N(CC=C)CCN3CCOCC3)C23CC(C)[C@]1(C)O3. The lowest BCUT2D eigenvalue weighted by Gasteiger charge is -2.40. The van der Waals surface area contributed by atoms with Gasteiger partial charge < -0.3 is 29.1 Å². The van der Waals surface area contributed by atoms with Crippen LogP contribution in [0.1, 0.15) is 38.7 Å². The van der Waals surface area contributed by atoms with Crippen molar-refractivity contribution in [3.05, 3.63) is 61.2 Å². The Morgan fingerprint density at radius 3 is 2.60 bits per heavy atom. The Balaban J connectivity index is 1.52. The van der Waals surface area contributed by atoms with Crippen molar-refractivity contribution in [1.82, 2.24) is 14.7 Å². The Bertz CT molecular complexity index is 1240. The predicted octanol–water partition coefficient (Wildman–Crippen LogP) is 2.46. The molecular formula is C35H49N3O7. The number of allylic oxidation sites excluding steroid dienone is 1. The van der Waals surface area contributed by atoms with E-state index < -0.39 is 41.1 Å². The number of rotatable bonds is 15. The molecule has 4 fully saturated rings. The van der Waals surface area contributed by atoms with Crippen LogP contribution in [0.15, 0.2) is 55.6 Å². The molecule has 10 nitrogen and oxygen atoms in total. The van der Waals surface area contributed by atoms with Gasteiger partial charge in [-0.05, 0) is 44.1 Å². The zero-order chi connectivity index (χ0) is 32.2. The van der Waals surface area contributed by atoms with Crippen LogP contribution >= 0.6 is 0 Å². The number of unbranched alkanes of at least 4 members (excludes halogenated alkanes) is 1. The van der Waals surface area contributed by atoms with Crippen LogP contribution < -0.4 is 0 Å². The third-order valence-corrected chi connectivity index (χ3v) is 10.4. The largest absolute Gasteiger partial charge is 0.465 e.